The zero-order valence-electron chi connectivity index (χ0n) is 13.0. The highest BCUT2D eigenvalue weighted by molar-refractivity contribution is 6.03. The lowest BCUT2D eigenvalue weighted by atomic mass is 10.3. The number of aromatic nitrogens is 4. The largest absolute Gasteiger partial charge is 0.338 e. The maximum absolute atomic E-state index is 12.5. The summed E-state index contributed by atoms with van der Waals surface area (Å²) in [4.78, 5) is 27.5. The van der Waals surface area contributed by atoms with Crippen LogP contribution in [0.1, 0.15) is 10.5 Å². The van der Waals surface area contributed by atoms with Gasteiger partial charge in [-0.3, -0.25) is 9.20 Å². The van der Waals surface area contributed by atoms with E-state index in [1.54, 1.807) is 41.3 Å². The maximum Gasteiger partial charge on any atom is 0.272 e. The van der Waals surface area contributed by atoms with Gasteiger partial charge in [0.2, 0.25) is 5.95 Å². The number of nitrogens with one attached hydrogen (secondary N) is 2. The predicted molar refractivity (Wildman–Crippen MR) is 90.3 cm³/mol. The number of hydrogen-bond acceptors (Lipinski definition) is 6. The van der Waals surface area contributed by atoms with Crippen molar-refractivity contribution in [2.45, 2.75) is 0 Å². The lowest BCUT2D eigenvalue weighted by Crippen LogP contribution is -2.44. The Morgan fingerprint density at radius 1 is 1.12 bits per heavy atom. The van der Waals surface area contributed by atoms with Crippen LogP contribution in [0.15, 0.2) is 43.0 Å². The minimum absolute atomic E-state index is 0.225. The van der Waals surface area contributed by atoms with Crippen LogP contribution in [-0.4, -0.2) is 51.4 Å². The van der Waals surface area contributed by atoms with Crippen molar-refractivity contribution < 1.29 is 4.79 Å². The number of imidazole rings is 1. The van der Waals surface area contributed by atoms with Crippen molar-refractivity contribution in [1.82, 2.24) is 24.7 Å². The summed E-state index contributed by atoms with van der Waals surface area (Å²) >= 11 is 0. The van der Waals surface area contributed by atoms with Gasteiger partial charge in [-0.15, -0.1) is 0 Å². The Balaban J connectivity index is 1.50. The molecule has 8 heteroatoms. The van der Waals surface area contributed by atoms with E-state index >= 15 is 0 Å². The average molecular weight is 323 g/mol. The summed E-state index contributed by atoms with van der Waals surface area (Å²) in [6.45, 7) is 3.62. The average Bonchev–Trinajstić information content (AvgIpc) is 3.12. The summed E-state index contributed by atoms with van der Waals surface area (Å²) in [6, 6.07) is 5.41. The Bertz CT molecular complexity index is 852. The van der Waals surface area contributed by atoms with Gasteiger partial charge in [0.25, 0.3) is 5.91 Å². The van der Waals surface area contributed by atoms with E-state index in [0.717, 1.165) is 31.8 Å². The van der Waals surface area contributed by atoms with E-state index in [1.807, 2.05) is 6.07 Å². The molecule has 0 aliphatic carbocycles. The van der Waals surface area contributed by atoms with E-state index in [4.69, 9.17) is 0 Å². The van der Waals surface area contributed by atoms with Crippen molar-refractivity contribution in [1.29, 1.82) is 0 Å². The molecule has 4 rings (SSSR count). The summed E-state index contributed by atoms with van der Waals surface area (Å²) in [5.41, 5.74) is 1.81. The van der Waals surface area contributed by atoms with Gasteiger partial charge < -0.3 is 15.5 Å². The number of hydrogen-bond donors (Lipinski definition) is 2. The van der Waals surface area contributed by atoms with Gasteiger partial charge in [-0.1, -0.05) is 6.07 Å². The number of carbonyl (C=O) groups is 1. The summed E-state index contributed by atoms with van der Waals surface area (Å²) in [6.07, 6.45) is 6.69. The lowest BCUT2D eigenvalue weighted by molar-refractivity contribution is 0.102. The molecule has 3 aromatic heterocycles. The molecule has 0 aromatic carbocycles. The van der Waals surface area contributed by atoms with Crippen LogP contribution in [0, 0.1) is 0 Å². The van der Waals surface area contributed by atoms with Crippen LogP contribution in [0.2, 0.25) is 0 Å². The molecule has 1 fully saturated rings. The molecule has 1 aliphatic rings. The quantitative estimate of drug-likeness (QED) is 0.741. The second-order valence-corrected chi connectivity index (χ2v) is 5.53. The van der Waals surface area contributed by atoms with Crippen LogP contribution >= 0.6 is 0 Å². The molecule has 0 saturated carbocycles. The number of amides is 1. The van der Waals surface area contributed by atoms with Crippen LogP contribution in [0.3, 0.4) is 0 Å². The van der Waals surface area contributed by atoms with Gasteiger partial charge >= 0.3 is 0 Å². The first-order valence-corrected chi connectivity index (χ1v) is 7.82. The number of carbonyl (C=O) groups excluding carboxylic acids is 1. The van der Waals surface area contributed by atoms with Gasteiger partial charge in [-0.05, 0) is 12.1 Å². The smallest absolute Gasteiger partial charge is 0.272 e. The molecular weight excluding hydrogens is 306 g/mol. The zero-order valence-corrected chi connectivity index (χ0v) is 13.0. The molecule has 4 heterocycles. The molecule has 0 spiro atoms. The minimum atomic E-state index is -0.225. The topological polar surface area (TPSA) is 87.5 Å². The van der Waals surface area contributed by atoms with Crippen LogP contribution in [0.25, 0.3) is 5.65 Å². The third-order valence-corrected chi connectivity index (χ3v) is 3.96. The van der Waals surface area contributed by atoms with Crippen molar-refractivity contribution in [3.63, 3.8) is 0 Å². The summed E-state index contributed by atoms with van der Waals surface area (Å²) in [5, 5.41) is 6.12. The molecule has 1 aliphatic heterocycles. The molecule has 1 amide bonds. The van der Waals surface area contributed by atoms with E-state index in [0.29, 0.717) is 17.3 Å². The number of rotatable bonds is 3. The first-order chi connectivity index (χ1) is 11.8. The highest BCUT2D eigenvalue weighted by atomic mass is 16.1. The number of piperazine rings is 1. The van der Waals surface area contributed by atoms with E-state index in [2.05, 4.69) is 30.5 Å². The Morgan fingerprint density at radius 2 is 1.92 bits per heavy atom. The molecule has 8 nitrogen and oxygen atoms in total. The fraction of sp³-hybridized carbons (Fsp3) is 0.250. The number of anilines is 2. The Morgan fingerprint density at radius 3 is 2.71 bits per heavy atom. The molecule has 2 N–H and O–H groups in total. The van der Waals surface area contributed by atoms with Crippen LogP contribution < -0.4 is 15.5 Å². The van der Waals surface area contributed by atoms with Gasteiger partial charge in [0.1, 0.15) is 11.3 Å². The second-order valence-electron chi connectivity index (χ2n) is 5.53. The molecule has 1 saturated heterocycles. The molecule has 0 atom stereocenters. The maximum atomic E-state index is 12.5. The Labute approximate surface area is 138 Å². The highest BCUT2D eigenvalue weighted by Gasteiger charge is 2.14. The third-order valence-electron chi connectivity index (χ3n) is 3.96. The van der Waals surface area contributed by atoms with Crippen molar-refractivity contribution >= 4 is 23.2 Å². The fourth-order valence-corrected chi connectivity index (χ4v) is 2.74. The molecule has 122 valence electrons. The van der Waals surface area contributed by atoms with Crippen molar-refractivity contribution in [3.05, 3.63) is 48.7 Å². The molecule has 0 radical (unpaired) electrons. The summed E-state index contributed by atoms with van der Waals surface area (Å²) in [5.74, 6) is 0.461. The standard InChI is InChI=1S/C16H17N7O/c24-15(13-2-1-3-14-18-6-9-23(13)14)21-12-10-19-16(20-11-12)22-7-4-17-5-8-22/h1-3,6,9-11,17H,4-5,7-8H2,(H,21,24). The van der Waals surface area contributed by atoms with Gasteiger partial charge in [-0.2, -0.15) is 0 Å². The molecule has 24 heavy (non-hydrogen) atoms. The first-order valence-electron chi connectivity index (χ1n) is 7.82. The van der Waals surface area contributed by atoms with Gasteiger partial charge in [0.05, 0.1) is 18.1 Å². The van der Waals surface area contributed by atoms with Gasteiger partial charge in [-0.25, -0.2) is 15.0 Å². The van der Waals surface area contributed by atoms with Crippen LogP contribution in [0.4, 0.5) is 11.6 Å². The van der Waals surface area contributed by atoms with Crippen molar-refractivity contribution in [2.75, 3.05) is 36.4 Å². The van der Waals surface area contributed by atoms with Crippen LogP contribution in [-0.2, 0) is 0 Å². The third kappa shape index (κ3) is 2.79. The Hall–Kier alpha value is -3.00. The van der Waals surface area contributed by atoms with Gasteiger partial charge in [0.15, 0.2) is 0 Å². The highest BCUT2D eigenvalue weighted by Crippen LogP contribution is 2.13. The minimum Gasteiger partial charge on any atom is -0.338 e. The number of fused-ring (bicyclic) bond motifs is 1. The monoisotopic (exact) mass is 323 g/mol. The molecule has 0 bridgehead atoms. The number of pyridine rings is 1. The van der Waals surface area contributed by atoms with Crippen LogP contribution in [0.5, 0.6) is 0 Å². The number of nitrogens with zero attached hydrogens (tertiary/aromatic N) is 5. The predicted octanol–water partition coefficient (Wildman–Crippen LogP) is 0.786. The summed E-state index contributed by atoms with van der Waals surface area (Å²) in [7, 11) is 0. The molecule has 0 unspecified atom stereocenters. The zero-order chi connectivity index (χ0) is 16.4. The van der Waals surface area contributed by atoms with E-state index in [-0.39, 0.29) is 5.91 Å². The molecular formula is C16H17N7O. The van der Waals surface area contributed by atoms with Crippen molar-refractivity contribution in [3.8, 4) is 0 Å². The molecule has 3 aromatic rings. The Kier molecular flexibility index (Phi) is 3.80. The van der Waals surface area contributed by atoms with E-state index < -0.39 is 0 Å². The lowest BCUT2D eigenvalue weighted by Gasteiger charge is -2.27. The van der Waals surface area contributed by atoms with Gasteiger partial charge in [0, 0.05) is 38.6 Å². The van der Waals surface area contributed by atoms with E-state index in [1.165, 1.54) is 0 Å². The fourth-order valence-electron chi connectivity index (χ4n) is 2.74. The summed E-state index contributed by atoms with van der Waals surface area (Å²) < 4.78 is 1.74. The second kappa shape index (κ2) is 6.25. The normalized spacial score (nSPS) is 14.8. The first kappa shape index (κ1) is 14.6. The van der Waals surface area contributed by atoms with Crippen molar-refractivity contribution in [2.24, 2.45) is 0 Å². The van der Waals surface area contributed by atoms with E-state index in [9.17, 15) is 4.79 Å². The SMILES string of the molecule is O=C(Nc1cnc(N2CCNCC2)nc1)c1cccc2nccn12.